The topological polar surface area (TPSA) is 92.8 Å². The lowest BCUT2D eigenvalue weighted by molar-refractivity contribution is 0.101. The van der Waals surface area contributed by atoms with E-state index in [-0.39, 0.29) is 5.82 Å². The van der Waals surface area contributed by atoms with Crippen molar-refractivity contribution in [1.82, 2.24) is 20.2 Å². The highest BCUT2D eigenvalue weighted by Gasteiger charge is 2.15. The molecule has 7 nitrogen and oxygen atoms in total. The highest BCUT2D eigenvalue weighted by molar-refractivity contribution is 6.01. The van der Waals surface area contributed by atoms with Crippen molar-refractivity contribution in [2.75, 3.05) is 12.4 Å². The fourth-order valence-electron chi connectivity index (χ4n) is 3.15. The molecule has 150 valence electrons. The number of carbonyl (C=O) groups is 1. The quantitative estimate of drug-likeness (QED) is 0.511. The highest BCUT2D eigenvalue weighted by Crippen LogP contribution is 2.31. The number of pyridine rings is 1. The highest BCUT2D eigenvalue weighted by atomic mass is 16.5. The van der Waals surface area contributed by atoms with Crippen LogP contribution in [0.4, 0.5) is 5.82 Å². The molecule has 4 aromatic rings. The Morgan fingerprint density at radius 1 is 1.10 bits per heavy atom. The van der Waals surface area contributed by atoms with E-state index in [1.165, 1.54) is 0 Å². The third-order valence-electron chi connectivity index (χ3n) is 4.62. The van der Waals surface area contributed by atoms with Crippen LogP contribution in [-0.4, -0.2) is 33.2 Å². The summed E-state index contributed by atoms with van der Waals surface area (Å²) in [6.45, 7) is 2.02. The first-order valence-electron chi connectivity index (χ1n) is 9.50. The second-order valence-electron chi connectivity index (χ2n) is 6.86. The number of carbonyl (C=O) groups excluding carboxylic acids is 1. The van der Waals surface area contributed by atoms with Crippen molar-refractivity contribution in [3.63, 3.8) is 0 Å². The van der Waals surface area contributed by atoms with Gasteiger partial charge in [0.15, 0.2) is 0 Å². The number of nitrogens with zero attached hydrogens (tertiary/aromatic N) is 3. The first-order chi connectivity index (χ1) is 14.6. The van der Waals surface area contributed by atoms with Gasteiger partial charge in [-0.3, -0.25) is 9.89 Å². The number of amides is 1. The summed E-state index contributed by atoms with van der Waals surface area (Å²) in [5.74, 6) is 1.43. The van der Waals surface area contributed by atoms with Gasteiger partial charge in [-0.25, -0.2) is 9.97 Å². The van der Waals surface area contributed by atoms with E-state index in [1.54, 1.807) is 19.4 Å². The van der Waals surface area contributed by atoms with Crippen molar-refractivity contribution in [3.8, 4) is 16.9 Å². The number of ether oxygens (including phenoxy) is 1. The van der Waals surface area contributed by atoms with Crippen LogP contribution in [0, 0.1) is 6.92 Å². The van der Waals surface area contributed by atoms with E-state index in [0.717, 1.165) is 28.0 Å². The van der Waals surface area contributed by atoms with Crippen molar-refractivity contribution in [1.29, 1.82) is 0 Å². The second kappa shape index (κ2) is 8.57. The maximum Gasteiger partial charge on any atom is 0.296 e. The normalized spacial score (nSPS) is 10.6. The van der Waals surface area contributed by atoms with Crippen molar-refractivity contribution >= 4 is 11.7 Å². The Morgan fingerprint density at radius 3 is 2.73 bits per heavy atom. The standard InChI is InChI=1S/C23H21N5O2/c1-15-8-9-19(30-2)18(12-15)17-10-11-24-20(14-17)26-23(29)22-25-21(27-28-22)13-16-6-4-3-5-7-16/h3-12,14H,13H2,1-2H3,(H,24,26,29)(H,25,27,28). The molecule has 0 aliphatic heterocycles. The molecule has 0 fully saturated rings. The van der Waals surface area contributed by atoms with Crippen LogP contribution < -0.4 is 10.1 Å². The summed E-state index contributed by atoms with van der Waals surface area (Å²) in [5, 5.41) is 9.61. The third-order valence-corrected chi connectivity index (χ3v) is 4.62. The monoisotopic (exact) mass is 399 g/mol. The Labute approximate surface area is 174 Å². The van der Waals surface area contributed by atoms with Gasteiger partial charge in [0, 0.05) is 18.2 Å². The number of hydrogen-bond donors (Lipinski definition) is 2. The summed E-state index contributed by atoms with van der Waals surface area (Å²) in [6.07, 6.45) is 2.22. The van der Waals surface area contributed by atoms with E-state index in [4.69, 9.17) is 4.74 Å². The predicted octanol–water partition coefficient (Wildman–Crippen LogP) is 4.03. The van der Waals surface area contributed by atoms with Gasteiger partial charge in [-0.2, -0.15) is 0 Å². The number of nitrogens with one attached hydrogen (secondary N) is 2. The predicted molar refractivity (Wildman–Crippen MR) is 115 cm³/mol. The summed E-state index contributed by atoms with van der Waals surface area (Å²) in [7, 11) is 1.63. The molecule has 0 unspecified atom stereocenters. The zero-order valence-corrected chi connectivity index (χ0v) is 16.7. The second-order valence-corrected chi connectivity index (χ2v) is 6.86. The Kier molecular flexibility index (Phi) is 5.52. The average Bonchev–Trinajstić information content (AvgIpc) is 3.23. The molecule has 0 radical (unpaired) electrons. The van der Waals surface area contributed by atoms with E-state index in [1.807, 2.05) is 61.5 Å². The summed E-state index contributed by atoms with van der Waals surface area (Å²) in [4.78, 5) is 21.1. The summed E-state index contributed by atoms with van der Waals surface area (Å²) < 4.78 is 5.46. The van der Waals surface area contributed by atoms with Crippen LogP contribution in [0.5, 0.6) is 5.75 Å². The van der Waals surface area contributed by atoms with Gasteiger partial charge < -0.3 is 10.1 Å². The van der Waals surface area contributed by atoms with Crippen LogP contribution in [0.3, 0.4) is 0 Å². The minimum atomic E-state index is -0.425. The Hall–Kier alpha value is -4.00. The van der Waals surface area contributed by atoms with Gasteiger partial charge in [-0.1, -0.05) is 42.0 Å². The maximum atomic E-state index is 12.6. The van der Waals surface area contributed by atoms with Gasteiger partial charge in [0.25, 0.3) is 5.91 Å². The summed E-state index contributed by atoms with van der Waals surface area (Å²) >= 11 is 0. The fourth-order valence-corrected chi connectivity index (χ4v) is 3.15. The Bertz CT molecular complexity index is 1170. The Morgan fingerprint density at radius 2 is 1.93 bits per heavy atom. The number of anilines is 1. The lowest BCUT2D eigenvalue weighted by Gasteiger charge is -2.11. The molecule has 30 heavy (non-hydrogen) atoms. The van der Waals surface area contributed by atoms with E-state index < -0.39 is 5.91 Å². The van der Waals surface area contributed by atoms with E-state index in [9.17, 15) is 4.79 Å². The third kappa shape index (κ3) is 4.35. The van der Waals surface area contributed by atoms with Crippen LogP contribution in [0.15, 0.2) is 66.9 Å². The SMILES string of the molecule is COc1ccc(C)cc1-c1ccnc(NC(=O)c2n[nH]c(Cc3ccccc3)n2)c1. The largest absolute Gasteiger partial charge is 0.496 e. The molecular formula is C23H21N5O2. The molecule has 2 N–H and O–H groups in total. The molecule has 0 atom stereocenters. The molecule has 2 heterocycles. The molecular weight excluding hydrogens is 378 g/mol. The number of rotatable bonds is 6. The molecule has 1 amide bonds. The minimum absolute atomic E-state index is 0.0706. The van der Waals surface area contributed by atoms with Gasteiger partial charge >= 0.3 is 0 Å². The first kappa shape index (κ1) is 19.3. The molecule has 7 heteroatoms. The maximum absolute atomic E-state index is 12.6. The Balaban J connectivity index is 1.51. The van der Waals surface area contributed by atoms with Crippen molar-refractivity contribution < 1.29 is 9.53 Å². The van der Waals surface area contributed by atoms with Crippen LogP contribution in [0.2, 0.25) is 0 Å². The zero-order chi connectivity index (χ0) is 20.9. The van der Waals surface area contributed by atoms with Crippen molar-refractivity contribution in [3.05, 3.63) is 89.6 Å². The van der Waals surface area contributed by atoms with E-state index in [0.29, 0.717) is 18.1 Å². The van der Waals surface area contributed by atoms with Gasteiger partial charge in [0.1, 0.15) is 17.4 Å². The summed E-state index contributed by atoms with van der Waals surface area (Å²) in [5.41, 5.74) is 4.01. The lowest BCUT2D eigenvalue weighted by atomic mass is 10.0. The van der Waals surface area contributed by atoms with Gasteiger partial charge in [0.05, 0.1) is 7.11 Å². The van der Waals surface area contributed by atoms with Crippen LogP contribution in [0.25, 0.3) is 11.1 Å². The number of aromatic nitrogens is 4. The van der Waals surface area contributed by atoms with E-state index >= 15 is 0 Å². The lowest BCUT2D eigenvalue weighted by Crippen LogP contribution is -2.14. The molecule has 0 saturated carbocycles. The molecule has 0 saturated heterocycles. The number of aromatic amines is 1. The average molecular weight is 399 g/mol. The molecule has 4 rings (SSSR count). The smallest absolute Gasteiger partial charge is 0.296 e. The molecule has 2 aromatic carbocycles. The molecule has 0 spiro atoms. The minimum Gasteiger partial charge on any atom is -0.496 e. The zero-order valence-electron chi connectivity index (χ0n) is 16.7. The van der Waals surface area contributed by atoms with E-state index in [2.05, 4.69) is 25.5 Å². The number of hydrogen-bond acceptors (Lipinski definition) is 5. The summed E-state index contributed by atoms with van der Waals surface area (Å²) in [6, 6.07) is 19.5. The van der Waals surface area contributed by atoms with Crippen molar-refractivity contribution in [2.45, 2.75) is 13.3 Å². The fraction of sp³-hybridized carbons (Fsp3) is 0.130. The number of benzene rings is 2. The van der Waals surface area contributed by atoms with Crippen LogP contribution >= 0.6 is 0 Å². The van der Waals surface area contributed by atoms with Crippen LogP contribution in [-0.2, 0) is 6.42 Å². The number of methoxy groups -OCH3 is 1. The molecule has 2 aromatic heterocycles. The van der Waals surface area contributed by atoms with Gasteiger partial charge in [-0.05, 0) is 42.3 Å². The first-order valence-corrected chi connectivity index (χ1v) is 9.50. The van der Waals surface area contributed by atoms with Crippen LogP contribution in [0.1, 0.15) is 27.6 Å². The number of aryl methyl sites for hydroxylation is 1. The molecule has 0 aliphatic rings. The number of H-pyrrole nitrogens is 1. The van der Waals surface area contributed by atoms with Gasteiger partial charge in [-0.15, -0.1) is 5.10 Å². The molecule has 0 aliphatic carbocycles. The molecule has 0 bridgehead atoms. The van der Waals surface area contributed by atoms with Crippen molar-refractivity contribution in [2.24, 2.45) is 0 Å². The van der Waals surface area contributed by atoms with Gasteiger partial charge in [0.2, 0.25) is 5.82 Å².